The van der Waals surface area contributed by atoms with Crippen LogP contribution in [0.5, 0.6) is 0 Å². The average Bonchev–Trinajstić information content (AvgIpc) is 2.55. The highest BCUT2D eigenvalue weighted by Crippen LogP contribution is 2.31. The number of nitrogens with one attached hydrogen (secondary N) is 1. The van der Waals surface area contributed by atoms with Crippen LogP contribution in [0.4, 0.5) is 9.52 Å². The summed E-state index contributed by atoms with van der Waals surface area (Å²) in [5.74, 6) is -0.239. The molecule has 0 aliphatic heterocycles. The highest BCUT2D eigenvalue weighted by molar-refractivity contribution is 9.10. The Hall–Kier alpha value is -0.680. The maximum Gasteiger partial charge on any atom is 0.183 e. The van der Waals surface area contributed by atoms with Crippen molar-refractivity contribution >= 4 is 42.6 Å². The summed E-state index contributed by atoms with van der Waals surface area (Å²) in [4.78, 5) is 4.18. The van der Waals surface area contributed by atoms with Crippen LogP contribution in [0.2, 0.25) is 0 Å². The summed E-state index contributed by atoms with van der Waals surface area (Å²) in [6.07, 6.45) is 0. The highest BCUT2D eigenvalue weighted by atomic mass is 79.9. The van der Waals surface area contributed by atoms with Gasteiger partial charge in [-0.2, -0.15) is 0 Å². The van der Waals surface area contributed by atoms with Crippen LogP contribution in [0.15, 0.2) is 16.6 Å². The van der Waals surface area contributed by atoms with Crippen molar-refractivity contribution < 1.29 is 4.39 Å². The van der Waals surface area contributed by atoms with Gasteiger partial charge in [-0.25, -0.2) is 9.37 Å². The van der Waals surface area contributed by atoms with Gasteiger partial charge in [0, 0.05) is 7.05 Å². The molecule has 1 N–H and O–H groups in total. The average molecular weight is 261 g/mol. The molecule has 0 spiro atoms. The van der Waals surface area contributed by atoms with Crippen molar-refractivity contribution in [2.75, 3.05) is 12.4 Å². The molecule has 0 radical (unpaired) electrons. The summed E-state index contributed by atoms with van der Waals surface area (Å²) >= 11 is 4.44. The summed E-state index contributed by atoms with van der Waals surface area (Å²) in [7, 11) is 1.77. The number of benzene rings is 1. The van der Waals surface area contributed by atoms with E-state index in [1.807, 2.05) is 0 Å². The zero-order chi connectivity index (χ0) is 9.42. The van der Waals surface area contributed by atoms with Gasteiger partial charge in [0.05, 0.1) is 14.7 Å². The van der Waals surface area contributed by atoms with E-state index in [1.54, 1.807) is 19.2 Å². The van der Waals surface area contributed by atoms with Crippen molar-refractivity contribution in [1.82, 2.24) is 4.98 Å². The molecule has 1 aromatic carbocycles. The van der Waals surface area contributed by atoms with Crippen LogP contribution in [0, 0.1) is 5.82 Å². The van der Waals surface area contributed by atoms with Crippen LogP contribution in [0.1, 0.15) is 0 Å². The molecular weight excluding hydrogens is 255 g/mol. The van der Waals surface area contributed by atoms with E-state index in [9.17, 15) is 4.39 Å². The lowest BCUT2D eigenvalue weighted by Gasteiger charge is -1.92. The van der Waals surface area contributed by atoms with Gasteiger partial charge in [0.1, 0.15) is 0 Å². The molecule has 1 aromatic heterocycles. The zero-order valence-corrected chi connectivity index (χ0v) is 9.17. The van der Waals surface area contributed by atoms with E-state index in [-0.39, 0.29) is 5.82 Å². The van der Waals surface area contributed by atoms with Crippen molar-refractivity contribution in [3.05, 3.63) is 22.4 Å². The second kappa shape index (κ2) is 3.23. The summed E-state index contributed by atoms with van der Waals surface area (Å²) in [6, 6.07) is 3.46. The minimum absolute atomic E-state index is 0.239. The zero-order valence-electron chi connectivity index (χ0n) is 6.77. The fourth-order valence-electron chi connectivity index (χ4n) is 1.04. The third kappa shape index (κ3) is 1.42. The number of halogens is 2. The first kappa shape index (κ1) is 8.90. The van der Waals surface area contributed by atoms with Gasteiger partial charge in [0.25, 0.3) is 0 Å². The summed E-state index contributed by atoms with van der Waals surface area (Å²) in [5, 5.41) is 3.62. The number of hydrogen-bond acceptors (Lipinski definition) is 3. The van der Waals surface area contributed by atoms with Gasteiger partial charge in [-0.15, -0.1) is 0 Å². The molecule has 0 saturated heterocycles. The molecule has 0 unspecified atom stereocenters. The van der Waals surface area contributed by atoms with E-state index in [0.29, 0.717) is 14.7 Å². The summed E-state index contributed by atoms with van der Waals surface area (Å²) < 4.78 is 14.5. The molecule has 2 nitrogen and oxygen atoms in total. The Kier molecular flexibility index (Phi) is 2.21. The maximum atomic E-state index is 13.4. The normalized spacial score (nSPS) is 10.7. The predicted molar refractivity (Wildman–Crippen MR) is 56.8 cm³/mol. The van der Waals surface area contributed by atoms with Gasteiger partial charge < -0.3 is 5.32 Å². The molecule has 68 valence electrons. The first-order chi connectivity index (χ1) is 6.22. The number of hydrogen-bond donors (Lipinski definition) is 1. The fourth-order valence-corrected chi connectivity index (χ4v) is 2.36. The van der Waals surface area contributed by atoms with Gasteiger partial charge in [0.15, 0.2) is 10.9 Å². The van der Waals surface area contributed by atoms with E-state index in [2.05, 4.69) is 26.2 Å². The van der Waals surface area contributed by atoms with Gasteiger partial charge >= 0.3 is 0 Å². The largest absolute Gasteiger partial charge is 0.365 e. The number of rotatable bonds is 1. The van der Waals surface area contributed by atoms with E-state index < -0.39 is 0 Å². The van der Waals surface area contributed by atoms with Crippen LogP contribution in [-0.4, -0.2) is 12.0 Å². The maximum absolute atomic E-state index is 13.4. The Balaban J connectivity index is 2.76. The predicted octanol–water partition coefficient (Wildman–Crippen LogP) is 3.24. The minimum Gasteiger partial charge on any atom is -0.365 e. The lowest BCUT2D eigenvalue weighted by atomic mass is 10.3. The number of anilines is 1. The molecular formula is C8H6BrFN2S. The Morgan fingerprint density at radius 3 is 3.00 bits per heavy atom. The SMILES string of the molecule is CNc1nc2ccc(Br)c(F)c2s1. The van der Waals surface area contributed by atoms with Gasteiger partial charge in [-0.3, -0.25) is 0 Å². The molecule has 5 heteroatoms. The van der Waals surface area contributed by atoms with E-state index in [0.717, 1.165) is 5.13 Å². The third-order valence-electron chi connectivity index (χ3n) is 1.66. The number of fused-ring (bicyclic) bond motifs is 1. The molecule has 0 atom stereocenters. The monoisotopic (exact) mass is 260 g/mol. The second-order valence-electron chi connectivity index (χ2n) is 2.48. The van der Waals surface area contributed by atoms with E-state index in [4.69, 9.17) is 0 Å². The van der Waals surface area contributed by atoms with Gasteiger partial charge in [-0.05, 0) is 28.1 Å². The summed E-state index contributed by atoms with van der Waals surface area (Å²) in [5.41, 5.74) is 0.690. The van der Waals surface area contributed by atoms with Crippen molar-refractivity contribution in [3.63, 3.8) is 0 Å². The van der Waals surface area contributed by atoms with Crippen LogP contribution in [0.25, 0.3) is 10.2 Å². The first-order valence-corrected chi connectivity index (χ1v) is 5.25. The van der Waals surface area contributed by atoms with Gasteiger partial charge in [-0.1, -0.05) is 11.3 Å². The van der Waals surface area contributed by atoms with E-state index >= 15 is 0 Å². The number of aromatic nitrogens is 1. The Morgan fingerprint density at radius 1 is 1.54 bits per heavy atom. The van der Waals surface area contributed by atoms with Crippen molar-refractivity contribution in [3.8, 4) is 0 Å². The third-order valence-corrected chi connectivity index (χ3v) is 3.36. The molecule has 0 aliphatic carbocycles. The Bertz CT molecular complexity index is 455. The Morgan fingerprint density at radius 2 is 2.31 bits per heavy atom. The van der Waals surface area contributed by atoms with Crippen LogP contribution in [0.3, 0.4) is 0 Å². The topological polar surface area (TPSA) is 24.9 Å². The molecule has 13 heavy (non-hydrogen) atoms. The van der Waals surface area contributed by atoms with Gasteiger partial charge in [0.2, 0.25) is 0 Å². The molecule has 1 heterocycles. The standard InChI is InChI=1S/C8H6BrFN2S/c1-11-8-12-5-3-2-4(9)6(10)7(5)13-8/h2-3H,1H3,(H,11,12). The number of thiazole rings is 1. The molecule has 0 aliphatic rings. The first-order valence-electron chi connectivity index (χ1n) is 3.64. The highest BCUT2D eigenvalue weighted by Gasteiger charge is 2.09. The summed E-state index contributed by atoms with van der Waals surface area (Å²) in [6.45, 7) is 0. The lowest BCUT2D eigenvalue weighted by molar-refractivity contribution is 0.635. The number of nitrogens with zero attached hydrogens (tertiary/aromatic N) is 1. The molecule has 0 fully saturated rings. The molecule has 2 rings (SSSR count). The lowest BCUT2D eigenvalue weighted by Crippen LogP contribution is -1.83. The van der Waals surface area contributed by atoms with Crippen LogP contribution >= 0.6 is 27.3 Å². The minimum atomic E-state index is -0.239. The molecule has 0 saturated carbocycles. The Labute approximate surface area is 86.9 Å². The van der Waals surface area contributed by atoms with Crippen molar-refractivity contribution in [2.24, 2.45) is 0 Å². The van der Waals surface area contributed by atoms with Crippen molar-refractivity contribution in [1.29, 1.82) is 0 Å². The quantitative estimate of drug-likeness (QED) is 0.852. The van der Waals surface area contributed by atoms with Crippen LogP contribution in [-0.2, 0) is 0 Å². The molecule has 2 aromatic rings. The second-order valence-corrected chi connectivity index (χ2v) is 4.33. The van der Waals surface area contributed by atoms with E-state index in [1.165, 1.54) is 11.3 Å². The van der Waals surface area contributed by atoms with Crippen LogP contribution < -0.4 is 5.32 Å². The fraction of sp³-hybridized carbons (Fsp3) is 0.125. The molecule has 0 bridgehead atoms. The smallest absolute Gasteiger partial charge is 0.183 e. The molecule has 0 amide bonds. The van der Waals surface area contributed by atoms with Crippen molar-refractivity contribution in [2.45, 2.75) is 0 Å².